The standard InChI is InChI=1S/C24H23FN6OS/c1-15-11-19(27-13-17(15)25)20-12-21(16-5-3-2-4-6-16)31(29-20)14-23(32)30-9-7-18-22(8-10-30)33-24(26)28-18/h2-6,11-13H,7-10,14H2,1H3,(H2,26,28). The number of amides is 1. The lowest BCUT2D eigenvalue weighted by atomic mass is 10.1. The number of benzene rings is 1. The first kappa shape index (κ1) is 21.3. The molecule has 9 heteroatoms. The highest BCUT2D eigenvalue weighted by atomic mass is 32.1. The third kappa shape index (κ3) is 4.36. The third-order valence-electron chi connectivity index (χ3n) is 5.82. The number of hydrogen-bond donors (Lipinski definition) is 1. The summed E-state index contributed by atoms with van der Waals surface area (Å²) in [6, 6.07) is 13.4. The second kappa shape index (κ2) is 8.74. The van der Waals surface area contributed by atoms with Crippen LogP contribution in [0.5, 0.6) is 0 Å². The van der Waals surface area contributed by atoms with Gasteiger partial charge in [-0.25, -0.2) is 9.37 Å². The second-order valence-corrected chi connectivity index (χ2v) is 9.18. The summed E-state index contributed by atoms with van der Waals surface area (Å²) in [5, 5.41) is 5.27. The summed E-state index contributed by atoms with van der Waals surface area (Å²) >= 11 is 1.50. The van der Waals surface area contributed by atoms with Gasteiger partial charge in [0.05, 0.1) is 23.3 Å². The van der Waals surface area contributed by atoms with E-state index < -0.39 is 0 Å². The molecule has 0 aliphatic carbocycles. The zero-order chi connectivity index (χ0) is 22.9. The maximum absolute atomic E-state index is 13.7. The summed E-state index contributed by atoms with van der Waals surface area (Å²) in [4.78, 5) is 24.9. The molecule has 0 spiro atoms. The van der Waals surface area contributed by atoms with Gasteiger partial charge in [-0.2, -0.15) is 5.10 Å². The van der Waals surface area contributed by atoms with E-state index in [9.17, 15) is 9.18 Å². The first-order valence-corrected chi connectivity index (χ1v) is 11.6. The highest BCUT2D eigenvalue weighted by molar-refractivity contribution is 7.15. The molecule has 0 bridgehead atoms. The Morgan fingerprint density at radius 1 is 1.15 bits per heavy atom. The second-order valence-electron chi connectivity index (χ2n) is 8.06. The Kier molecular flexibility index (Phi) is 5.63. The minimum atomic E-state index is -0.359. The van der Waals surface area contributed by atoms with Crippen molar-refractivity contribution in [3.05, 3.63) is 70.6 Å². The van der Waals surface area contributed by atoms with Crippen molar-refractivity contribution < 1.29 is 9.18 Å². The topological polar surface area (TPSA) is 89.9 Å². The van der Waals surface area contributed by atoms with Crippen molar-refractivity contribution >= 4 is 22.4 Å². The van der Waals surface area contributed by atoms with Gasteiger partial charge in [0.1, 0.15) is 18.1 Å². The van der Waals surface area contributed by atoms with Gasteiger partial charge in [-0.05, 0) is 30.2 Å². The number of thiazole rings is 1. The van der Waals surface area contributed by atoms with E-state index in [0.717, 1.165) is 28.2 Å². The highest BCUT2D eigenvalue weighted by Gasteiger charge is 2.23. The van der Waals surface area contributed by atoms with Crippen LogP contribution in [0.2, 0.25) is 0 Å². The quantitative estimate of drug-likeness (QED) is 0.499. The number of aryl methyl sites for hydroxylation is 1. The van der Waals surface area contributed by atoms with Crippen molar-refractivity contribution in [1.82, 2.24) is 24.6 Å². The highest BCUT2D eigenvalue weighted by Crippen LogP contribution is 2.27. The minimum Gasteiger partial charge on any atom is -0.375 e. The number of carbonyl (C=O) groups is 1. The fourth-order valence-corrected chi connectivity index (χ4v) is 4.91. The number of nitrogen functional groups attached to an aromatic ring is 1. The van der Waals surface area contributed by atoms with Crippen molar-refractivity contribution in [3.8, 4) is 22.6 Å². The molecule has 7 nitrogen and oxygen atoms in total. The van der Waals surface area contributed by atoms with Crippen LogP contribution in [0, 0.1) is 12.7 Å². The third-order valence-corrected chi connectivity index (χ3v) is 6.81. The first-order chi connectivity index (χ1) is 16.0. The molecular formula is C24H23FN6OS. The van der Waals surface area contributed by atoms with E-state index in [4.69, 9.17) is 5.73 Å². The fraction of sp³-hybridized carbons (Fsp3) is 0.250. The normalized spacial score (nSPS) is 13.6. The number of hydrogen-bond acceptors (Lipinski definition) is 6. The Morgan fingerprint density at radius 2 is 1.94 bits per heavy atom. The van der Waals surface area contributed by atoms with Crippen LogP contribution >= 0.6 is 11.3 Å². The van der Waals surface area contributed by atoms with Crippen LogP contribution in [0.15, 0.2) is 48.7 Å². The monoisotopic (exact) mass is 462 g/mol. The predicted molar refractivity (Wildman–Crippen MR) is 126 cm³/mol. The molecule has 1 aliphatic rings. The summed E-state index contributed by atoms with van der Waals surface area (Å²) in [5.41, 5.74) is 10.3. The molecule has 1 amide bonds. The largest absolute Gasteiger partial charge is 0.375 e. The number of rotatable bonds is 4. The van der Waals surface area contributed by atoms with Gasteiger partial charge in [-0.1, -0.05) is 30.3 Å². The van der Waals surface area contributed by atoms with Crippen molar-refractivity contribution in [3.63, 3.8) is 0 Å². The molecule has 4 heterocycles. The van der Waals surface area contributed by atoms with Gasteiger partial charge in [0, 0.05) is 30.8 Å². The van der Waals surface area contributed by atoms with Crippen LogP contribution in [-0.2, 0) is 24.2 Å². The molecule has 0 saturated carbocycles. The van der Waals surface area contributed by atoms with Crippen molar-refractivity contribution in [2.45, 2.75) is 26.3 Å². The molecule has 4 aromatic rings. The van der Waals surface area contributed by atoms with Crippen molar-refractivity contribution in [1.29, 1.82) is 0 Å². The van der Waals surface area contributed by atoms with Gasteiger partial charge in [0.25, 0.3) is 0 Å². The van der Waals surface area contributed by atoms with Crippen LogP contribution < -0.4 is 5.73 Å². The Balaban J connectivity index is 1.42. The summed E-state index contributed by atoms with van der Waals surface area (Å²) in [7, 11) is 0. The van der Waals surface area contributed by atoms with E-state index in [0.29, 0.717) is 41.6 Å². The van der Waals surface area contributed by atoms with Gasteiger partial charge in [0.2, 0.25) is 5.91 Å². The molecule has 0 fully saturated rings. The number of fused-ring (bicyclic) bond motifs is 1. The molecule has 0 unspecified atom stereocenters. The van der Waals surface area contributed by atoms with E-state index in [1.54, 1.807) is 17.7 Å². The minimum absolute atomic E-state index is 0.00629. The van der Waals surface area contributed by atoms with Gasteiger partial charge in [-0.15, -0.1) is 11.3 Å². The summed E-state index contributed by atoms with van der Waals surface area (Å²) in [5.74, 6) is -0.365. The summed E-state index contributed by atoms with van der Waals surface area (Å²) in [6.07, 6.45) is 2.65. The molecule has 1 aromatic carbocycles. The number of anilines is 1. The Morgan fingerprint density at radius 3 is 2.73 bits per heavy atom. The van der Waals surface area contributed by atoms with Crippen LogP contribution in [0.25, 0.3) is 22.6 Å². The first-order valence-electron chi connectivity index (χ1n) is 10.8. The zero-order valence-electron chi connectivity index (χ0n) is 18.2. The number of carbonyl (C=O) groups excluding carboxylic acids is 1. The van der Waals surface area contributed by atoms with Crippen molar-refractivity contribution in [2.75, 3.05) is 18.8 Å². The van der Waals surface area contributed by atoms with Crippen LogP contribution in [0.1, 0.15) is 16.1 Å². The van der Waals surface area contributed by atoms with Gasteiger partial charge in [0.15, 0.2) is 5.13 Å². The molecule has 168 valence electrons. The van der Waals surface area contributed by atoms with Crippen LogP contribution in [-0.4, -0.2) is 43.6 Å². The van der Waals surface area contributed by atoms with Gasteiger partial charge < -0.3 is 10.6 Å². The van der Waals surface area contributed by atoms with E-state index in [1.807, 2.05) is 41.3 Å². The molecule has 3 aromatic heterocycles. The SMILES string of the molecule is Cc1cc(-c2cc(-c3ccccc3)n(CC(=O)N3CCc4nc(N)sc4CC3)n2)ncc1F. The maximum Gasteiger partial charge on any atom is 0.244 e. The summed E-state index contributed by atoms with van der Waals surface area (Å²) in [6.45, 7) is 3.02. The zero-order valence-corrected chi connectivity index (χ0v) is 19.0. The van der Waals surface area contributed by atoms with Crippen LogP contribution in [0.3, 0.4) is 0 Å². The van der Waals surface area contributed by atoms with E-state index in [2.05, 4.69) is 15.1 Å². The average molecular weight is 463 g/mol. The van der Waals surface area contributed by atoms with Gasteiger partial charge in [-0.3, -0.25) is 14.5 Å². The predicted octanol–water partition coefficient (Wildman–Crippen LogP) is 3.73. The number of nitrogens with zero attached hydrogens (tertiary/aromatic N) is 5. The molecule has 5 rings (SSSR count). The van der Waals surface area contributed by atoms with Gasteiger partial charge >= 0.3 is 0 Å². The summed E-state index contributed by atoms with van der Waals surface area (Å²) < 4.78 is 15.4. The smallest absolute Gasteiger partial charge is 0.244 e. The van der Waals surface area contributed by atoms with E-state index in [1.165, 1.54) is 17.5 Å². The van der Waals surface area contributed by atoms with E-state index in [-0.39, 0.29) is 18.3 Å². The molecule has 2 N–H and O–H groups in total. The maximum atomic E-state index is 13.7. The molecule has 1 aliphatic heterocycles. The van der Waals surface area contributed by atoms with Crippen LogP contribution in [0.4, 0.5) is 9.52 Å². The van der Waals surface area contributed by atoms with Crippen molar-refractivity contribution in [2.24, 2.45) is 0 Å². The lowest BCUT2D eigenvalue weighted by Crippen LogP contribution is -2.36. The number of pyridine rings is 1. The fourth-order valence-electron chi connectivity index (χ4n) is 4.04. The lowest BCUT2D eigenvalue weighted by molar-refractivity contribution is -0.131. The number of halogens is 1. The molecule has 0 saturated heterocycles. The van der Waals surface area contributed by atoms with E-state index >= 15 is 0 Å². The number of aromatic nitrogens is 4. The molecule has 0 atom stereocenters. The number of nitrogens with two attached hydrogens (primary N) is 1. The molecular weight excluding hydrogens is 439 g/mol. The Bertz CT molecular complexity index is 1290. The Hall–Kier alpha value is -3.59. The average Bonchev–Trinajstić information content (AvgIpc) is 3.33. The molecule has 0 radical (unpaired) electrons. The lowest BCUT2D eigenvalue weighted by Gasteiger charge is -2.20. The Labute approximate surface area is 194 Å². The molecule has 33 heavy (non-hydrogen) atoms.